The molecule has 8 nitrogen and oxygen atoms in total. The van der Waals surface area contributed by atoms with Gasteiger partial charge in [-0.05, 0) is 46.1 Å². The van der Waals surface area contributed by atoms with Crippen molar-refractivity contribution in [2.75, 3.05) is 26.7 Å². The summed E-state index contributed by atoms with van der Waals surface area (Å²) in [5.74, 6) is -0.0430. The first-order valence-corrected chi connectivity index (χ1v) is 11.3. The Morgan fingerprint density at radius 1 is 1.30 bits per heavy atom. The van der Waals surface area contributed by atoms with E-state index in [2.05, 4.69) is 15.1 Å². The minimum Gasteiger partial charge on any atom is -0.337 e. The number of likely N-dealkylation sites (N-methyl/N-ethyl adjacent to an activating group) is 1. The molecule has 1 unspecified atom stereocenters. The van der Waals surface area contributed by atoms with Crippen molar-refractivity contribution in [2.24, 2.45) is 0 Å². The molecule has 0 aromatic carbocycles. The van der Waals surface area contributed by atoms with Crippen molar-refractivity contribution >= 4 is 5.91 Å². The van der Waals surface area contributed by atoms with Gasteiger partial charge in [-0.2, -0.15) is 18.3 Å². The third-order valence-electron chi connectivity index (χ3n) is 6.10. The van der Waals surface area contributed by atoms with Crippen molar-refractivity contribution in [3.05, 3.63) is 39.1 Å². The lowest BCUT2D eigenvalue weighted by atomic mass is 10.1. The molecule has 0 bridgehead atoms. The van der Waals surface area contributed by atoms with E-state index in [4.69, 9.17) is 0 Å². The van der Waals surface area contributed by atoms with Crippen LogP contribution in [-0.4, -0.2) is 74.4 Å². The SMILES string of the molecule is CCCN(CC(CC)N(C)CC(F)(F)F)C(=O)c1cnn(-c2nc3c(c(=O)[nH]2)CCC3)c1C. The molecular weight excluding hydrogens is 437 g/mol. The van der Waals surface area contributed by atoms with E-state index in [9.17, 15) is 22.8 Å². The van der Waals surface area contributed by atoms with Gasteiger partial charge in [0.1, 0.15) is 0 Å². The molecule has 0 fully saturated rings. The maximum Gasteiger partial charge on any atom is 0.401 e. The highest BCUT2D eigenvalue weighted by atomic mass is 19.4. The number of nitrogens with one attached hydrogen (secondary N) is 1. The van der Waals surface area contributed by atoms with Gasteiger partial charge in [0.2, 0.25) is 5.95 Å². The van der Waals surface area contributed by atoms with Gasteiger partial charge in [-0.25, -0.2) is 9.67 Å². The summed E-state index contributed by atoms with van der Waals surface area (Å²) in [5, 5.41) is 4.28. The van der Waals surface area contributed by atoms with Gasteiger partial charge < -0.3 is 4.90 Å². The predicted octanol–water partition coefficient (Wildman–Crippen LogP) is 2.88. The number of aromatic nitrogens is 4. The number of fused-ring (bicyclic) bond motifs is 1. The van der Waals surface area contributed by atoms with Crippen molar-refractivity contribution < 1.29 is 18.0 Å². The summed E-state index contributed by atoms with van der Waals surface area (Å²) in [6, 6.07) is -0.438. The molecule has 1 N–H and O–H groups in total. The molecule has 1 aliphatic carbocycles. The van der Waals surface area contributed by atoms with Gasteiger partial charge in [0.25, 0.3) is 11.5 Å². The zero-order valence-corrected chi connectivity index (χ0v) is 19.5. The average Bonchev–Trinajstić information content (AvgIpc) is 3.36. The molecule has 0 saturated carbocycles. The average molecular weight is 469 g/mol. The fourth-order valence-corrected chi connectivity index (χ4v) is 4.32. The van der Waals surface area contributed by atoms with Crippen LogP contribution in [0.2, 0.25) is 0 Å². The van der Waals surface area contributed by atoms with Gasteiger partial charge in [0, 0.05) is 24.7 Å². The van der Waals surface area contributed by atoms with Crippen molar-refractivity contribution in [1.82, 2.24) is 29.5 Å². The van der Waals surface area contributed by atoms with Crippen LogP contribution in [-0.2, 0) is 12.8 Å². The van der Waals surface area contributed by atoms with Crippen LogP contribution in [0.3, 0.4) is 0 Å². The van der Waals surface area contributed by atoms with E-state index in [1.165, 1.54) is 22.8 Å². The second-order valence-corrected chi connectivity index (χ2v) is 8.57. The fraction of sp³-hybridized carbons (Fsp3) is 0.636. The predicted molar refractivity (Wildman–Crippen MR) is 118 cm³/mol. The van der Waals surface area contributed by atoms with Crippen LogP contribution in [0.4, 0.5) is 13.2 Å². The zero-order chi connectivity index (χ0) is 24.3. The third kappa shape index (κ3) is 5.63. The quantitative estimate of drug-likeness (QED) is 0.612. The van der Waals surface area contributed by atoms with Gasteiger partial charge in [-0.15, -0.1) is 0 Å². The van der Waals surface area contributed by atoms with Gasteiger partial charge in [-0.3, -0.25) is 19.5 Å². The number of hydrogen-bond acceptors (Lipinski definition) is 5. The molecule has 0 spiro atoms. The Kier molecular flexibility index (Phi) is 7.61. The Morgan fingerprint density at radius 3 is 2.67 bits per heavy atom. The molecule has 11 heteroatoms. The molecular formula is C22H31F3N6O2. The van der Waals surface area contributed by atoms with Crippen molar-refractivity contribution in [1.29, 1.82) is 0 Å². The van der Waals surface area contributed by atoms with Crippen LogP contribution in [0.5, 0.6) is 0 Å². The number of alkyl halides is 3. The molecule has 2 heterocycles. The minimum absolute atomic E-state index is 0.175. The normalized spacial score (nSPS) is 14.5. The van der Waals surface area contributed by atoms with Gasteiger partial charge in [-0.1, -0.05) is 13.8 Å². The Hall–Kier alpha value is -2.69. The zero-order valence-electron chi connectivity index (χ0n) is 19.5. The topological polar surface area (TPSA) is 87.1 Å². The highest BCUT2D eigenvalue weighted by Gasteiger charge is 2.33. The lowest BCUT2D eigenvalue weighted by Crippen LogP contribution is -2.47. The summed E-state index contributed by atoms with van der Waals surface area (Å²) in [4.78, 5) is 35.8. The summed E-state index contributed by atoms with van der Waals surface area (Å²) in [6.45, 7) is 4.99. The molecule has 33 heavy (non-hydrogen) atoms. The number of hydrogen-bond donors (Lipinski definition) is 1. The maximum absolute atomic E-state index is 13.4. The first-order valence-electron chi connectivity index (χ1n) is 11.3. The van der Waals surface area contributed by atoms with E-state index < -0.39 is 18.8 Å². The summed E-state index contributed by atoms with van der Waals surface area (Å²) in [7, 11) is 1.43. The lowest BCUT2D eigenvalue weighted by Gasteiger charge is -2.33. The number of aryl methyl sites for hydroxylation is 1. The van der Waals surface area contributed by atoms with Crippen LogP contribution < -0.4 is 5.56 Å². The molecule has 0 saturated heterocycles. The molecule has 3 rings (SSSR count). The van der Waals surface area contributed by atoms with Crippen molar-refractivity contribution in [3.63, 3.8) is 0 Å². The van der Waals surface area contributed by atoms with E-state index in [-0.39, 0.29) is 24.0 Å². The first kappa shape index (κ1) is 24.9. The van der Waals surface area contributed by atoms with E-state index in [1.54, 1.807) is 11.8 Å². The van der Waals surface area contributed by atoms with Crippen LogP contribution in [0, 0.1) is 6.92 Å². The summed E-state index contributed by atoms with van der Waals surface area (Å²) in [6.07, 6.45) is 0.563. The smallest absolute Gasteiger partial charge is 0.337 e. The molecule has 2 aromatic heterocycles. The molecule has 2 aromatic rings. The monoisotopic (exact) mass is 468 g/mol. The van der Waals surface area contributed by atoms with Crippen molar-refractivity contribution in [2.45, 2.75) is 65.1 Å². The van der Waals surface area contributed by atoms with Gasteiger partial charge in [0.15, 0.2) is 0 Å². The number of carbonyl (C=O) groups is 1. The summed E-state index contributed by atoms with van der Waals surface area (Å²) in [5.41, 5.74) is 2.10. The second kappa shape index (κ2) is 10.1. The molecule has 0 aliphatic heterocycles. The highest BCUT2D eigenvalue weighted by molar-refractivity contribution is 5.95. The Morgan fingerprint density at radius 2 is 2.03 bits per heavy atom. The van der Waals surface area contributed by atoms with Gasteiger partial charge in [0.05, 0.1) is 29.7 Å². The van der Waals surface area contributed by atoms with Crippen molar-refractivity contribution in [3.8, 4) is 5.95 Å². The molecule has 0 radical (unpaired) electrons. The lowest BCUT2D eigenvalue weighted by molar-refractivity contribution is -0.148. The summed E-state index contributed by atoms with van der Waals surface area (Å²) < 4.78 is 40.1. The number of amides is 1. The van der Waals surface area contributed by atoms with E-state index in [0.717, 1.165) is 18.5 Å². The summed E-state index contributed by atoms with van der Waals surface area (Å²) >= 11 is 0. The Bertz CT molecular complexity index is 1050. The van der Waals surface area contributed by atoms with Crippen LogP contribution >= 0.6 is 0 Å². The first-order chi connectivity index (χ1) is 15.6. The molecule has 1 aliphatic rings. The third-order valence-corrected chi connectivity index (χ3v) is 6.10. The number of rotatable bonds is 9. The Balaban J connectivity index is 1.84. The minimum atomic E-state index is -4.31. The largest absolute Gasteiger partial charge is 0.401 e. The van der Waals surface area contributed by atoms with E-state index >= 15 is 0 Å². The Labute approximate surface area is 190 Å². The fourth-order valence-electron chi connectivity index (χ4n) is 4.32. The van der Waals surface area contributed by atoms with E-state index in [0.29, 0.717) is 42.6 Å². The number of carbonyl (C=O) groups excluding carboxylic acids is 1. The second-order valence-electron chi connectivity index (χ2n) is 8.57. The standard InChI is InChI=1S/C22H31F3N6O2/c1-5-10-30(12-15(6-2)29(4)13-22(23,24)25)20(33)17-11-26-31(14(17)3)21-27-18-9-7-8-16(18)19(32)28-21/h11,15H,5-10,12-13H2,1-4H3,(H,27,28,32). The number of H-pyrrole nitrogens is 1. The van der Waals surface area contributed by atoms with Crippen LogP contribution in [0.15, 0.2) is 11.0 Å². The van der Waals surface area contributed by atoms with Crippen LogP contribution in [0.25, 0.3) is 5.95 Å². The van der Waals surface area contributed by atoms with Crippen LogP contribution in [0.1, 0.15) is 60.4 Å². The maximum atomic E-state index is 13.4. The number of aromatic amines is 1. The van der Waals surface area contributed by atoms with E-state index in [1.807, 2.05) is 13.8 Å². The highest BCUT2D eigenvalue weighted by Crippen LogP contribution is 2.21. The number of nitrogens with zero attached hydrogens (tertiary/aromatic N) is 5. The molecule has 1 amide bonds. The van der Waals surface area contributed by atoms with Gasteiger partial charge >= 0.3 is 6.18 Å². The molecule has 182 valence electrons. The molecule has 1 atom stereocenters. The number of halogens is 3.